The van der Waals surface area contributed by atoms with Gasteiger partial charge in [-0.2, -0.15) is 5.26 Å². The standard InChI is InChI=1S/C18H29N5O2/c1-3-22-10-11-23(17(22)25)15-6-8-21(9-7-15)12-16(24)20-18(2,13-19)14-4-5-14/h14-15H,3-12H2,1-2H3,(H,20,24). The highest BCUT2D eigenvalue weighted by molar-refractivity contribution is 5.79. The number of rotatable bonds is 6. The van der Waals surface area contributed by atoms with E-state index in [4.69, 9.17) is 0 Å². The van der Waals surface area contributed by atoms with Crippen LogP contribution >= 0.6 is 0 Å². The number of piperidine rings is 1. The summed E-state index contributed by atoms with van der Waals surface area (Å²) in [7, 11) is 0. The van der Waals surface area contributed by atoms with Crippen molar-refractivity contribution in [3.63, 3.8) is 0 Å². The molecule has 3 aliphatic rings. The molecule has 1 saturated carbocycles. The van der Waals surface area contributed by atoms with Gasteiger partial charge in [0.15, 0.2) is 0 Å². The third-order valence-electron chi connectivity index (χ3n) is 5.90. The number of nitriles is 1. The number of amides is 3. The lowest BCUT2D eigenvalue weighted by Crippen LogP contribution is -2.52. The highest BCUT2D eigenvalue weighted by Crippen LogP contribution is 2.39. The van der Waals surface area contributed by atoms with Crippen molar-refractivity contribution in [2.75, 3.05) is 39.3 Å². The predicted octanol–water partition coefficient (Wildman–Crippen LogP) is 1.02. The van der Waals surface area contributed by atoms with Crippen molar-refractivity contribution in [3.05, 3.63) is 0 Å². The Morgan fingerprint density at radius 3 is 2.44 bits per heavy atom. The van der Waals surface area contributed by atoms with Crippen LogP contribution in [0.1, 0.15) is 39.5 Å². The van der Waals surface area contributed by atoms with Crippen LogP contribution in [0, 0.1) is 17.2 Å². The third kappa shape index (κ3) is 3.90. The maximum Gasteiger partial charge on any atom is 0.320 e. The van der Waals surface area contributed by atoms with Gasteiger partial charge in [-0.25, -0.2) is 4.79 Å². The zero-order valence-corrected chi connectivity index (χ0v) is 15.3. The molecule has 1 N–H and O–H groups in total. The number of urea groups is 1. The molecular weight excluding hydrogens is 318 g/mol. The molecule has 3 rings (SSSR count). The van der Waals surface area contributed by atoms with E-state index in [2.05, 4.69) is 16.3 Å². The highest BCUT2D eigenvalue weighted by atomic mass is 16.2. The molecule has 25 heavy (non-hydrogen) atoms. The van der Waals surface area contributed by atoms with Crippen molar-refractivity contribution in [2.24, 2.45) is 5.92 Å². The topological polar surface area (TPSA) is 79.7 Å². The van der Waals surface area contributed by atoms with Gasteiger partial charge in [0.25, 0.3) is 0 Å². The van der Waals surface area contributed by atoms with Gasteiger partial charge < -0.3 is 15.1 Å². The smallest absolute Gasteiger partial charge is 0.320 e. The molecule has 1 atom stereocenters. The molecule has 1 aliphatic carbocycles. The quantitative estimate of drug-likeness (QED) is 0.778. The number of hydrogen-bond acceptors (Lipinski definition) is 4. The summed E-state index contributed by atoms with van der Waals surface area (Å²) >= 11 is 0. The van der Waals surface area contributed by atoms with Crippen LogP contribution in [-0.4, -0.2) is 77.5 Å². The number of carbonyl (C=O) groups is 2. The molecule has 0 aromatic heterocycles. The highest BCUT2D eigenvalue weighted by Gasteiger charge is 2.43. The number of carbonyl (C=O) groups excluding carboxylic acids is 2. The zero-order chi connectivity index (χ0) is 18.0. The average Bonchev–Trinajstić information content (AvgIpc) is 3.39. The average molecular weight is 347 g/mol. The van der Waals surface area contributed by atoms with Gasteiger partial charge in [0, 0.05) is 38.8 Å². The maximum absolute atomic E-state index is 12.3. The van der Waals surface area contributed by atoms with Gasteiger partial charge >= 0.3 is 6.03 Å². The molecule has 2 saturated heterocycles. The Kier molecular flexibility index (Phi) is 5.19. The maximum atomic E-state index is 12.3. The first-order chi connectivity index (χ1) is 12.0. The molecule has 0 aromatic rings. The second kappa shape index (κ2) is 7.20. The molecule has 0 aromatic carbocycles. The Balaban J connectivity index is 1.44. The fraction of sp³-hybridized carbons (Fsp3) is 0.833. The molecule has 7 heteroatoms. The Hall–Kier alpha value is -1.81. The lowest BCUT2D eigenvalue weighted by atomic mass is 9.98. The Morgan fingerprint density at radius 2 is 1.92 bits per heavy atom. The van der Waals surface area contributed by atoms with E-state index in [0.29, 0.717) is 18.5 Å². The first kappa shape index (κ1) is 18.0. The van der Waals surface area contributed by atoms with Gasteiger partial charge in [-0.1, -0.05) is 0 Å². The largest absolute Gasteiger partial charge is 0.337 e. The van der Waals surface area contributed by atoms with Crippen LogP contribution in [-0.2, 0) is 4.79 Å². The Labute approximate surface area is 149 Å². The minimum absolute atomic E-state index is 0.0659. The number of likely N-dealkylation sites (tertiary alicyclic amines) is 1. The molecule has 0 spiro atoms. The van der Waals surface area contributed by atoms with Crippen molar-refractivity contribution in [1.82, 2.24) is 20.0 Å². The van der Waals surface area contributed by atoms with Crippen molar-refractivity contribution < 1.29 is 9.59 Å². The van der Waals surface area contributed by atoms with E-state index in [1.807, 2.05) is 23.6 Å². The summed E-state index contributed by atoms with van der Waals surface area (Å²) < 4.78 is 0. The Bertz CT molecular complexity index is 562. The molecule has 2 aliphatic heterocycles. The molecular formula is C18H29N5O2. The van der Waals surface area contributed by atoms with Gasteiger partial charge in [-0.15, -0.1) is 0 Å². The minimum atomic E-state index is -0.721. The molecule has 0 bridgehead atoms. The van der Waals surface area contributed by atoms with Crippen LogP contribution in [0.5, 0.6) is 0 Å². The van der Waals surface area contributed by atoms with Crippen LogP contribution in [0.15, 0.2) is 0 Å². The summed E-state index contributed by atoms with van der Waals surface area (Å²) in [6, 6.07) is 2.72. The molecule has 0 radical (unpaired) electrons. The van der Waals surface area contributed by atoms with Crippen LogP contribution in [0.3, 0.4) is 0 Å². The first-order valence-corrected chi connectivity index (χ1v) is 9.47. The van der Waals surface area contributed by atoms with Gasteiger partial charge in [-0.05, 0) is 45.4 Å². The van der Waals surface area contributed by atoms with Crippen LogP contribution < -0.4 is 5.32 Å². The summed E-state index contributed by atoms with van der Waals surface area (Å²) in [5.41, 5.74) is -0.721. The molecule has 138 valence electrons. The number of nitrogens with zero attached hydrogens (tertiary/aromatic N) is 4. The van der Waals surface area contributed by atoms with Crippen LogP contribution in [0.25, 0.3) is 0 Å². The summed E-state index contributed by atoms with van der Waals surface area (Å²) in [5, 5.41) is 12.3. The van der Waals surface area contributed by atoms with Crippen LogP contribution in [0.4, 0.5) is 4.79 Å². The second-order valence-corrected chi connectivity index (χ2v) is 7.70. The zero-order valence-electron chi connectivity index (χ0n) is 15.3. The fourth-order valence-corrected chi connectivity index (χ4v) is 4.04. The SMILES string of the molecule is CCN1CCN(C2CCN(CC(=O)NC(C)(C#N)C3CC3)CC2)C1=O. The van der Waals surface area contributed by atoms with Gasteiger partial charge in [0.2, 0.25) is 5.91 Å². The van der Waals surface area contributed by atoms with Crippen molar-refractivity contribution >= 4 is 11.9 Å². The number of likely N-dealkylation sites (N-methyl/N-ethyl adjacent to an activating group) is 1. The summed E-state index contributed by atoms with van der Waals surface area (Å²) in [6.07, 6.45) is 3.87. The Morgan fingerprint density at radius 1 is 1.24 bits per heavy atom. The van der Waals surface area contributed by atoms with E-state index in [-0.39, 0.29) is 11.9 Å². The minimum Gasteiger partial charge on any atom is -0.337 e. The van der Waals surface area contributed by atoms with Gasteiger partial charge in [0.05, 0.1) is 12.6 Å². The van der Waals surface area contributed by atoms with Gasteiger partial charge in [-0.3, -0.25) is 9.69 Å². The summed E-state index contributed by atoms with van der Waals surface area (Å²) in [4.78, 5) is 30.6. The molecule has 3 fully saturated rings. The molecule has 2 heterocycles. The first-order valence-electron chi connectivity index (χ1n) is 9.47. The third-order valence-corrected chi connectivity index (χ3v) is 5.90. The molecule has 7 nitrogen and oxygen atoms in total. The van der Waals surface area contributed by atoms with E-state index < -0.39 is 5.54 Å². The van der Waals surface area contributed by atoms with Crippen molar-refractivity contribution in [2.45, 2.75) is 51.1 Å². The molecule has 1 unspecified atom stereocenters. The monoisotopic (exact) mass is 347 g/mol. The summed E-state index contributed by atoms with van der Waals surface area (Å²) in [6.45, 7) is 8.23. The summed E-state index contributed by atoms with van der Waals surface area (Å²) in [5.74, 6) is 0.235. The predicted molar refractivity (Wildman–Crippen MR) is 93.7 cm³/mol. The van der Waals surface area contributed by atoms with Crippen molar-refractivity contribution in [3.8, 4) is 6.07 Å². The van der Waals surface area contributed by atoms with E-state index in [0.717, 1.165) is 58.4 Å². The number of hydrogen-bond donors (Lipinski definition) is 1. The fourth-order valence-electron chi connectivity index (χ4n) is 4.04. The number of nitrogens with one attached hydrogen (secondary N) is 1. The van der Waals surface area contributed by atoms with E-state index in [1.54, 1.807) is 0 Å². The van der Waals surface area contributed by atoms with Crippen molar-refractivity contribution in [1.29, 1.82) is 5.26 Å². The normalized spacial score (nSPS) is 24.9. The van der Waals surface area contributed by atoms with Crippen LogP contribution in [0.2, 0.25) is 0 Å². The molecule has 3 amide bonds. The van der Waals surface area contributed by atoms with E-state index in [9.17, 15) is 14.9 Å². The lowest BCUT2D eigenvalue weighted by Gasteiger charge is -2.36. The second-order valence-electron chi connectivity index (χ2n) is 7.70. The lowest BCUT2D eigenvalue weighted by molar-refractivity contribution is -0.124. The van der Waals surface area contributed by atoms with Gasteiger partial charge in [0.1, 0.15) is 5.54 Å². The van der Waals surface area contributed by atoms with E-state index in [1.165, 1.54) is 0 Å². The van der Waals surface area contributed by atoms with E-state index >= 15 is 0 Å².